The average molecular weight is 238 g/mol. The third kappa shape index (κ3) is 2.75. The fourth-order valence-corrected chi connectivity index (χ4v) is 2.20. The van der Waals surface area contributed by atoms with E-state index < -0.39 is 0 Å². The van der Waals surface area contributed by atoms with E-state index in [9.17, 15) is 0 Å². The number of hydrogen-bond acceptors (Lipinski definition) is 4. The van der Waals surface area contributed by atoms with E-state index >= 15 is 0 Å². The highest BCUT2D eigenvalue weighted by atomic mass is 32.2. The Morgan fingerprint density at radius 2 is 2.31 bits per heavy atom. The highest BCUT2D eigenvalue weighted by molar-refractivity contribution is 7.99. The van der Waals surface area contributed by atoms with Gasteiger partial charge in [-0.05, 0) is 12.1 Å². The van der Waals surface area contributed by atoms with Crippen molar-refractivity contribution in [3.05, 3.63) is 30.6 Å². The second-order valence-electron chi connectivity index (χ2n) is 3.22. The van der Waals surface area contributed by atoms with Crippen LogP contribution in [0.15, 0.2) is 35.7 Å². The smallest absolute Gasteiger partial charge is 0.172 e. The Balaban J connectivity index is 1.89. The van der Waals surface area contributed by atoms with Crippen LogP contribution in [0.4, 0.5) is 0 Å². The molecular formula is C11H14N2O2S. The van der Waals surface area contributed by atoms with Gasteiger partial charge >= 0.3 is 0 Å². The van der Waals surface area contributed by atoms with Gasteiger partial charge in [-0.15, -0.1) is 0 Å². The quantitative estimate of drug-likeness (QED) is 0.611. The number of pyridine rings is 1. The molecule has 0 aliphatic heterocycles. The largest absolute Gasteiger partial charge is 0.394 e. The standard InChI is InChI=1S/C11H14N2O2S/c14-5-6-15-7-8-16-11-12-9-10-3-1-2-4-13(10)11/h1-4,9,14H,5-8H2. The van der Waals surface area contributed by atoms with Gasteiger partial charge in [0.05, 0.1) is 31.5 Å². The van der Waals surface area contributed by atoms with Crippen molar-refractivity contribution in [3.63, 3.8) is 0 Å². The topological polar surface area (TPSA) is 46.8 Å². The van der Waals surface area contributed by atoms with Gasteiger partial charge in [-0.3, -0.25) is 4.40 Å². The number of ether oxygens (including phenoxy) is 1. The minimum atomic E-state index is 0.0803. The predicted octanol–water partition coefficient (Wildman–Crippen LogP) is 1.44. The summed E-state index contributed by atoms with van der Waals surface area (Å²) in [4.78, 5) is 4.33. The van der Waals surface area contributed by atoms with E-state index in [-0.39, 0.29) is 6.61 Å². The molecule has 2 heterocycles. The maximum atomic E-state index is 8.54. The van der Waals surface area contributed by atoms with Gasteiger partial charge < -0.3 is 9.84 Å². The lowest BCUT2D eigenvalue weighted by molar-refractivity contribution is 0.103. The fourth-order valence-electron chi connectivity index (χ4n) is 1.38. The first-order chi connectivity index (χ1) is 7.92. The van der Waals surface area contributed by atoms with Crippen molar-refractivity contribution < 1.29 is 9.84 Å². The van der Waals surface area contributed by atoms with Crippen molar-refractivity contribution in [2.45, 2.75) is 5.16 Å². The summed E-state index contributed by atoms with van der Waals surface area (Å²) < 4.78 is 7.24. The van der Waals surface area contributed by atoms with E-state index in [1.54, 1.807) is 11.8 Å². The zero-order chi connectivity index (χ0) is 11.2. The van der Waals surface area contributed by atoms with Crippen LogP contribution in [0.5, 0.6) is 0 Å². The van der Waals surface area contributed by atoms with Gasteiger partial charge in [0.2, 0.25) is 0 Å². The molecule has 0 aliphatic rings. The van der Waals surface area contributed by atoms with E-state index in [2.05, 4.69) is 9.38 Å². The van der Waals surface area contributed by atoms with Crippen molar-refractivity contribution in [1.82, 2.24) is 9.38 Å². The maximum Gasteiger partial charge on any atom is 0.172 e. The van der Waals surface area contributed by atoms with Gasteiger partial charge in [0.15, 0.2) is 5.16 Å². The van der Waals surface area contributed by atoms with Crippen LogP contribution in [0.2, 0.25) is 0 Å². The lowest BCUT2D eigenvalue weighted by Crippen LogP contribution is -2.02. The molecule has 5 heteroatoms. The number of aliphatic hydroxyl groups is 1. The summed E-state index contributed by atoms with van der Waals surface area (Å²) in [7, 11) is 0. The summed E-state index contributed by atoms with van der Waals surface area (Å²) in [6.07, 6.45) is 3.86. The number of thioether (sulfide) groups is 1. The summed E-state index contributed by atoms with van der Waals surface area (Å²) in [5.41, 5.74) is 1.10. The number of nitrogens with zero attached hydrogens (tertiary/aromatic N) is 2. The molecular weight excluding hydrogens is 224 g/mol. The SMILES string of the molecule is OCCOCCSc1ncc2ccccn12. The predicted molar refractivity (Wildman–Crippen MR) is 63.8 cm³/mol. The highest BCUT2D eigenvalue weighted by Crippen LogP contribution is 2.17. The second-order valence-corrected chi connectivity index (χ2v) is 4.28. The number of imidazole rings is 1. The first-order valence-electron chi connectivity index (χ1n) is 5.15. The molecule has 0 atom stereocenters. The summed E-state index contributed by atoms with van der Waals surface area (Å²) in [5.74, 6) is 0.841. The van der Waals surface area contributed by atoms with Gasteiger partial charge in [-0.2, -0.15) is 0 Å². The third-order valence-corrected chi connectivity index (χ3v) is 3.03. The maximum absolute atomic E-state index is 8.54. The van der Waals surface area contributed by atoms with Crippen LogP contribution < -0.4 is 0 Å². The zero-order valence-corrected chi connectivity index (χ0v) is 9.69. The molecule has 0 amide bonds. The number of hydrogen-bond donors (Lipinski definition) is 1. The van der Waals surface area contributed by atoms with Crippen LogP contribution >= 0.6 is 11.8 Å². The Morgan fingerprint density at radius 3 is 3.19 bits per heavy atom. The molecule has 0 bridgehead atoms. The molecule has 0 spiro atoms. The van der Waals surface area contributed by atoms with Crippen LogP contribution in [0.25, 0.3) is 5.52 Å². The molecule has 86 valence electrons. The van der Waals surface area contributed by atoms with E-state index in [1.165, 1.54) is 0 Å². The van der Waals surface area contributed by atoms with E-state index in [0.717, 1.165) is 16.4 Å². The van der Waals surface area contributed by atoms with Gasteiger partial charge in [-0.1, -0.05) is 17.8 Å². The van der Waals surface area contributed by atoms with Crippen molar-refractivity contribution >= 4 is 17.3 Å². The van der Waals surface area contributed by atoms with Crippen molar-refractivity contribution in [2.75, 3.05) is 25.6 Å². The molecule has 0 unspecified atom stereocenters. The highest BCUT2D eigenvalue weighted by Gasteiger charge is 2.02. The van der Waals surface area contributed by atoms with Crippen molar-refractivity contribution in [3.8, 4) is 0 Å². The molecule has 0 aliphatic carbocycles. The summed E-state index contributed by atoms with van der Waals surface area (Å²) in [6.45, 7) is 1.12. The fraction of sp³-hybridized carbons (Fsp3) is 0.364. The Labute approximate surface area is 98.3 Å². The first-order valence-corrected chi connectivity index (χ1v) is 6.14. The number of aliphatic hydroxyl groups excluding tert-OH is 1. The Bertz CT molecular complexity index is 444. The van der Waals surface area contributed by atoms with Crippen LogP contribution in [-0.4, -0.2) is 40.1 Å². The van der Waals surface area contributed by atoms with Crippen LogP contribution in [-0.2, 0) is 4.74 Å². The summed E-state index contributed by atoms with van der Waals surface area (Å²) in [6, 6.07) is 6.01. The minimum absolute atomic E-state index is 0.0803. The van der Waals surface area contributed by atoms with Crippen molar-refractivity contribution in [1.29, 1.82) is 0 Å². The van der Waals surface area contributed by atoms with Gasteiger partial charge in [0, 0.05) is 11.9 Å². The van der Waals surface area contributed by atoms with E-state index in [1.807, 2.05) is 30.6 Å². The molecule has 0 aromatic carbocycles. The first kappa shape index (κ1) is 11.4. The van der Waals surface area contributed by atoms with Gasteiger partial charge in [-0.25, -0.2) is 4.98 Å². The molecule has 0 saturated heterocycles. The van der Waals surface area contributed by atoms with Gasteiger partial charge in [0.1, 0.15) is 0 Å². The average Bonchev–Trinajstić information content (AvgIpc) is 2.73. The zero-order valence-electron chi connectivity index (χ0n) is 8.87. The molecule has 16 heavy (non-hydrogen) atoms. The molecule has 2 aromatic heterocycles. The molecule has 4 nitrogen and oxygen atoms in total. The molecule has 0 saturated carbocycles. The van der Waals surface area contributed by atoms with Crippen LogP contribution in [0.1, 0.15) is 0 Å². The third-order valence-electron chi connectivity index (χ3n) is 2.10. The lowest BCUT2D eigenvalue weighted by atomic mass is 10.4. The number of rotatable bonds is 6. The second kappa shape index (κ2) is 5.89. The van der Waals surface area contributed by atoms with Crippen LogP contribution in [0, 0.1) is 0 Å². The molecule has 0 fully saturated rings. The summed E-state index contributed by atoms with van der Waals surface area (Å²) in [5, 5.41) is 9.52. The Hall–Kier alpha value is -1.04. The van der Waals surface area contributed by atoms with Gasteiger partial charge in [0.25, 0.3) is 0 Å². The lowest BCUT2D eigenvalue weighted by Gasteiger charge is -2.02. The minimum Gasteiger partial charge on any atom is -0.394 e. The summed E-state index contributed by atoms with van der Waals surface area (Å²) >= 11 is 1.65. The monoisotopic (exact) mass is 238 g/mol. The van der Waals surface area contributed by atoms with Crippen LogP contribution in [0.3, 0.4) is 0 Å². The normalized spacial score (nSPS) is 11.1. The Kier molecular flexibility index (Phi) is 4.21. The molecule has 2 rings (SSSR count). The van der Waals surface area contributed by atoms with E-state index in [0.29, 0.717) is 13.2 Å². The number of fused-ring (bicyclic) bond motifs is 1. The van der Waals surface area contributed by atoms with Crippen molar-refractivity contribution in [2.24, 2.45) is 0 Å². The number of aromatic nitrogens is 2. The molecule has 1 N–H and O–H groups in total. The molecule has 0 radical (unpaired) electrons. The van der Waals surface area contributed by atoms with E-state index in [4.69, 9.17) is 9.84 Å². The molecule has 2 aromatic rings. The Morgan fingerprint density at radius 1 is 1.38 bits per heavy atom.